The molecule has 0 amide bonds. The fourth-order valence-electron chi connectivity index (χ4n) is 1.65. The van der Waals surface area contributed by atoms with Crippen LogP contribution in [0.2, 0.25) is 0 Å². The highest BCUT2D eigenvalue weighted by molar-refractivity contribution is 7.95. The van der Waals surface area contributed by atoms with Gasteiger partial charge in [0.15, 0.2) is 0 Å². The lowest BCUT2D eigenvalue weighted by atomic mass is 10.2. The van der Waals surface area contributed by atoms with Crippen LogP contribution in [0.25, 0.3) is 0 Å². The Morgan fingerprint density at radius 1 is 1.12 bits per heavy atom. The van der Waals surface area contributed by atoms with Crippen molar-refractivity contribution >= 4 is 9.84 Å². The van der Waals surface area contributed by atoms with Crippen molar-refractivity contribution in [3.05, 3.63) is 41.3 Å². The molecule has 1 aromatic rings. The lowest BCUT2D eigenvalue weighted by Crippen LogP contribution is -2.05. The zero-order chi connectivity index (χ0) is 12.7. The highest BCUT2D eigenvalue weighted by Crippen LogP contribution is 2.23. The first-order valence-electron chi connectivity index (χ1n) is 6.12. The van der Waals surface area contributed by atoms with E-state index in [0.29, 0.717) is 16.2 Å². The molecule has 94 valence electrons. The molecule has 17 heavy (non-hydrogen) atoms. The maximum atomic E-state index is 12.4. The Labute approximate surface area is 104 Å². The molecule has 3 heteroatoms. The van der Waals surface area contributed by atoms with Gasteiger partial charge in [-0.25, -0.2) is 8.42 Å². The van der Waals surface area contributed by atoms with Gasteiger partial charge in [-0.15, -0.1) is 0 Å². The summed E-state index contributed by atoms with van der Waals surface area (Å²) in [4.78, 5) is 0.962. The molecule has 0 aliphatic heterocycles. The molecule has 0 bridgehead atoms. The Kier molecular flexibility index (Phi) is 5.42. The van der Waals surface area contributed by atoms with E-state index in [-0.39, 0.29) is 0 Å². The number of sulfone groups is 1. The third-order valence-electron chi connectivity index (χ3n) is 2.56. The van der Waals surface area contributed by atoms with E-state index in [2.05, 4.69) is 6.92 Å². The summed E-state index contributed by atoms with van der Waals surface area (Å²) in [6.45, 7) is 4.05. The average molecular weight is 252 g/mol. The largest absolute Gasteiger partial charge is 0.219 e. The van der Waals surface area contributed by atoms with Crippen LogP contribution in [0, 0.1) is 0 Å². The van der Waals surface area contributed by atoms with Crippen LogP contribution in [-0.4, -0.2) is 8.42 Å². The smallest absolute Gasteiger partial charge is 0.202 e. The van der Waals surface area contributed by atoms with Gasteiger partial charge in [0.25, 0.3) is 0 Å². The van der Waals surface area contributed by atoms with Crippen molar-refractivity contribution in [3.63, 3.8) is 0 Å². The molecule has 2 nitrogen and oxygen atoms in total. The van der Waals surface area contributed by atoms with Crippen LogP contribution in [0.1, 0.15) is 39.5 Å². The second kappa shape index (κ2) is 6.60. The van der Waals surface area contributed by atoms with Crippen LogP contribution in [0.4, 0.5) is 0 Å². The number of unbranched alkanes of at least 4 members (excludes halogenated alkanes) is 1. The second-order valence-corrected chi connectivity index (χ2v) is 6.03. The predicted octanol–water partition coefficient (Wildman–Crippen LogP) is 3.94. The van der Waals surface area contributed by atoms with Gasteiger partial charge in [-0.05, 0) is 25.0 Å². The maximum Gasteiger partial charge on any atom is 0.202 e. The standard InChI is InChI=1S/C14H20O2S/c1-3-5-10-13(9-4-2)17(15,16)14-11-7-6-8-12-14/h6-8,10-12H,3-5,9H2,1-2H3/b13-10+. The average Bonchev–Trinajstić information content (AvgIpc) is 2.35. The van der Waals surface area contributed by atoms with Crippen LogP contribution in [0.15, 0.2) is 46.2 Å². The molecule has 0 aliphatic carbocycles. The molecule has 0 saturated carbocycles. The highest BCUT2D eigenvalue weighted by atomic mass is 32.2. The first kappa shape index (κ1) is 14.0. The fraction of sp³-hybridized carbons (Fsp3) is 0.429. The second-order valence-electron chi connectivity index (χ2n) is 4.03. The van der Waals surface area contributed by atoms with E-state index >= 15 is 0 Å². The third kappa shape index (κ3) is 3.70. The van der Waals surface area contributed by atoms with Gasteiger partial charge < -0.3 is 0 Å². The molecule has 0 radical (unpaired) electrons. The van der Waals surface area contributed by atoms with Crippen LogP contribution in [0.5, 0.6) is 0 Å². The molecular formula is C14H20O2S. The van der Waals surface area contributed by atoms with E-state index in [1.807, 2.05) is 19.1 Å². The number of benzene rings is 1. The predicted molar refractivity (Wildman–Crippen MR) is 71.5 cm³/mol. The molecule has 0 aliphatic rings. The molecule has 0 fully saturated rings. The quantitative estimate of drug-likeness (QED) is 0.768. The lowest BCUT2D eigenvalue weighted by molar-refractivity contribution is 0.599. The summed E-state index contributed by atoms with van der Waals surface area (Å²) in [5.74, 6) is 0. The van der Waals surface area contributed by atoms with Gasteiger partial charge in [-0.2, -0.15) is 0 Å². The van der Waals surface area contributed by atoms with E-state index < -0.39 is 9.84 Å². The SMILES string of the molecule is CCC/C=C(\CCC)S(=O)(=O)c1ccccc1. The lowest BCUT2D eigenvalue weighted by Gasteiger charge is -2.08. The summed E-state index contributed by atoms with van der Waals surface area (Å²) >= 11 is 0. The van der Waals surface area contributed by atoms with Crippen LogP contribution >= 0.6 is 0 Å². The summed E-state index contributed by atoms with van der Waals surface area (Å²) in [5, 5.41) is 0. The van der Waals surface area contributed by atoms with Crippen molar-refractivity contribution in [2.24, 2.45) is 0 Å². The highest BCUT2D eigenvalue weighted by Gasteiger charge is 2.18. The van der Waals surface area contributed by atoms with Gasteiger partial charge in [-0.3, -0.25) is 0 Å². The van der Waals surface area contributed by atoms with Crippen molar-refractivity contribution in [1.29, 1.82) is 0 Å². The minimum atomic E-state index is -3.27. The molecule has 0 heterocycles. The summed E-state index contributed by atoms with van der Waals surface area (Å²) in [6.07, 6.45) is 5.13. The van der Waals surface area contributed by atoms with Gasteiger partial charge in [0.05, 0.1) is 4.90 Å². The summed E-state index contributed by atoms with van der Waals surface area (Å²) in [5.41, 5.74) is 0. The van der Waals surface area contributed by atoms with Crippen LogP contribution in [0.3, 0.4) is 0 Å². The van der Waals surface area contributed by atoms with Gasteiger partial charge in [-0.1, -0.05) is 51.0 Å². The summed E-state index contributed by atoms with van der Waals surface area (Å²) in [7, 11) is -3.27. The Balaban J connectivity index is 3.09. The molecule has 0 N–H and O–H groups in total. The summed E-state index contributed by atoms with van der Waals surface area (Å²) < 4.78 is 24.7. The summed E-state index contributed by atoms with van der Waals surface area (Å²) in [6, 6.07) is 8.66. The Morgan fingerprint density at radius 3 is 2.29 bits per heavy atom. The number of allylic oxidation sites excluding steroid dienone is 2. The van der Waals surface area contributed by atoms with E-state index in [9.17, 15) is 8.42 Å². The minimum Gasteiger partial charge on any atom is -0.219 e. The molecule has 0 atom stereocenters. The maximum absolute atomic E-state index is 12.4. The normalized spacial score (nSPS) is 12.7. The van der Waals surface area contributed by atoms with Crippen LogP contribution < -0.4 is 0 Å². The molecule has 0 spiro atoms. The number of hydrogen-bond donors (Lipinski definition) is 0. The van der Waals surface area contributed by atoms with Crippen molar-refractivity contribution < 1.29 is 8.42 Å². The first-order valence-corrected chi connectivity index (χ1v) is 7.60. The number of rotatable bonds is 6. The van der Waals surface area contributed by atoms with Gasteiger partial charge in [0.1, 0.15) is 0 Å². The minimum absolute atomic E-state index is 0.399. The van der Waals surface area contributed by atoms with E-state index in [4.69, 9.17) is 0 Å². The monoisotopic (exact) mass is 252 g/mol. The van der Waals surface area contributed by atoms with E-state index in [1.54, 1.807) is 24.3 Å². The van der Waals surface area contributed by atoms with Gasteiger partial charge >= 0.3 is 0 Å². The molecule has 0 aromatic heterocycles. The third-order valence-corrected chi connectivity index (χ3v) is 4.51. The van der Waals surface area contributed by atoms with Crippen LogP contribution in [-0.2, 0) is 9.84 Å². The van der Waals surface area contributed by atoms with E-state index in [0.717, 1.165) is 19.3 Å². The molecule has 1 aromatic carbocycles. The zero-order valence-corrected chi connectivity index (χ0v) is 11.3. The fourth-order valence-corrected chi connectivity index (χ4v) is 3.28. The van der Waals surface area contributed by atoms with E-state index in [1.165, 1.54) is 0 Å². The Hall–Kier alpha value is -1.09. The Morgan fingerprint density at radius 2 is 1.76 bits per heavy atom. The molecule has 0 unspecified atom stereocenters. The van der Waals surface area contributed by atoms with Crippen molar-refractivity contribution in [2.45, 2.75) is 44.4 Å². The van der Waals surface area contributed by atoms with Crippen molar-refractivity contribution in [1.82, 2.24) is 0 Å². The Bertz CT molecular complexity index is 458. The zero-order valence-electron chi connectivity index (χ0n) is 10.5. The molecule has 1 rings (SSSR count). The molecule has 0 saturated heterocycles. The number of hydrogen-bond acceptors (Lipinski definition) is 2. The van der Waals surface area contributed by atoms with Gasteiger partial charge in [0, 0.05) is 4.91 Å². The van der Waals surface area contributed by atoms with Crippen molar-refractivity contribution in [2.75, 3.05) is 0 Å². The topological polar surface area (TPSA) is 34.1 Å². The first-order chi connectivity index (χ1) is 8.12. The van der Waals surface area contributed by atoms with Crippen molar-refractivity contribution in [3.8, 4) is 0 Å². The molecular weight excluding hydrogens is 232 g/mol. The van der Waals surface area contributed by atoms with Gasteiger partial charge in [0.2, 0.25) is 9.84 Å².